The molecule has 0 saturated carbocycles. The highest BCUT2D eigenvalue weighted by Crippen LogP contribution is 2.33. The fourth-order valence-corrected chi connectivity index (χ4v) is 2.87. The van der Waals surface area contributed by atoms with Gasteiger partial charge in [0.2, 0.25) is 0 Å². The van der Waals surface area contributed by atoms with E-state index in [2.05, 4.69) is 27.7 Å². The van der Waals surface area contributed by atoms with E-state index in [1.165, 1.54) is 4.68 Å². The summed E-state index contributed by atoms with van der Waals surface area (Å²) in [7, 11) is 0. The summed E-state index contributed by atoms with van der Waals surface area (Å²) in [5.41, 5.74) is 7.31. The molecule has 26 heavy (non-hydrogen) atoms. The van der Waals surface area contributed by atoms with E-state index in [0.29, 0.717) is 23.5 Å². The maximum atomic E-state index is 13.2. The van der Waals surface area contributed by atoms with Crippen LogP contribution < -0.4 is 5.73 Å². The van der Waals surface area contributed by atoms with Crippen LogP contribution in [0, 0.1) is 3.57 Å². The molecule has 0 spiro atoms. The Kier molecular flexibility index (Phi) is 6.70. The Morgan fingerprint density at radius 1 is 1.00 bits per heavy atom. The predicted octanol–water partition coefficient (Wildman–Crippen LogP) is 5.09. The molecule has 138 valence electrons. The van der Waals surface area contributed by atoms with Crippen molar-refractivity contribution < 1.29 is 13.2 Å². The van der Waals surface area contributed by atoms with Crippen LogP contribution in [0.25, 0.3) is 16.9 Å². The Morgan fingerprint density at radius 3 is 2.15 bits per heavy atom. The van der Waals surface area contributed by atoms with Crippen molar-refractivity contribution in [2.24, 2.45) is 5.73 Å². The molecular formula is C18H16ClF3IN3. The lowest BCUT2D eigenvalue weighted by Gasteiger charge is -2.08. The summed E-state index contributed by atoms with van der Waals surface area (Å²) >= 11 is 2.15. The standard InChI is InChI=1S/C18H15F3IN3.ClH/c19-18(20,21)17-11-16(13-3-1-12(2-4-13)9-10-23)25(24-17)15-7-5-14(22)6-8-15;/h1-8,11H,9-10,23H2;1H. The number of hydrogen-bond donors (Lipinski definition) is 1. The number of aromatic nitrogens is 2. The van der Waals surface area contributed by atoms with Crippen LogP contribution in [-0.4, -0.2) is 16.3 Å². The van der Waals surface area contributed by atoms with E-state index >= 15 is 0 Å². The molecular weight excluding hydrogens is 478 g/mol. The van der Waals surface area contributed by atoms with Crippen molar-refractivity contribution >= 4 is 35.0 Å². The topological polar surface area (TPSA) is 43.8 Å². The summed E-state index contributed by atoms with van der Waals surface area (Å²) < 4.78 is 41.8. The minimum Gasteiger partial charge on any atom is -0.330 e. The number of rotatable bonds is 4. The third-order valence-electron chi connectivity index (χ3n) is 3.75. The molecule has 0 aliphatic carbocycles. The normalized spacial score (nSPS) is 11.3. The second kappa shape index (κ2) is 8.41. The van der Waals surface area contributed by atoms with E-state index in [1.54, 1.807) is 24.3 Å². The zero-order valence-electron chi connectivity index (χ0n) is 13.5. The van der Waals surface area contributed by atoms with Gasteiger partial charge in [-0.25, -0.2) is 4.68 Å². The number of nitrogens with zero attached hydrogens (tertiary/aromatic N) is 2. The monoisotopic (exact) mass is 493 g/mol. The Labute approximate surface area is 168 Å². The van der Waals surface area contributed by atoms with Gasteiger partial charge in [-0.1, -0.05) is 24.3 Å². The zero-order valence-corrected chi connectivity index (χ0v) is 16.5. The molecule has 0 unspecified atom stereocenters. The van der Waals surface area contributed by atoms with Gasteiger partial charge in [0.25, 0.3) is 0 Å². The van der Waals surface area contributed by atoms with E-state index < -0.39 is 11.9 Å². The molecule has 1 heterocycles. The second-order valence-electron chi connectivity index (χ2n) is 5.54. The summed E-state index contributed by atoms with van der Waals surface area (Å²) in [6.07, 6.45) is -3.77. The average Bonchev–Trinajstić information content (AvgIpc) is 3.02. The molecule has 0 bridgehead atoms. The molecule has 3 nitrogen and oxygen atoms in total. The summed E-state index contributed by atoms with van der Waals surface area (Å²) in [6.45, 7) is 0.526. The number of nitrogens with two attached hydrogens (primary N) is 1. The van der Waals surface area contributed by atoms with E-state index in [9.17, 15) is 13.2 Å². The van der Waals surface area contributed by atoms with Crippen LogP contribution in [0.5, 0.6) is 0 Å². The first kappa shape index (κ1) is 20.7. The van der Waals surface area contributed by atoms with Gasteiger partial charge in [0.05, 0.1) is 11.4 Å². The molecule has 2 aromatic carbocycles. The minimum atomic E-state index is -4.50. The smallest absolute Gasteiger partial charge is 0.330 e. The highest BCUT2D eigenvalue weighted by molar-refractivity contribution is 14.1. The predicted molar refractivity (Wildman–Crippen MR) is 107 cm³/mol. The number of alkyl halides is 3. The van der Waals surface area contributed by atoms with Gasteiger partial charge in [0.15, 0.2) is 5.69 Å². The zero-order chi connectivity index (χ0) is 18.0. The first-order valence-corrected chi connectivity index (χ1v) is 8.69. The van der Waals surface area contributed by atoms with Crippen molar-refractivity contribution in [2.45, 2.75) is 12.6 Å². The molecule has 8 heteroatoms. The number of benzene rings is 2. The fraction of sp³-hybridized carbons (Fsp3) is 0.167. The quantitative estimate of drug-likeness (QED) is 0.515. The molecule has 2 N–H and O–H groups in total. The SMILES string of the molecule is Cl.NCCc1ccc(-c2cc(C(F)(F)F)nn2-c2ccc(I)cc2)cc1. The number of halogens is 5. The van der Waals surface area contributed by atoms with Crippen LogP contribution in [0.1, 0.15) is 11.3 Å². The van der Waals surface area contributed by atoms with Crippen LogP contribution >= 0.6 is 35.0 Å². The van der Waals surface area contributed by atoms with Gasteiger partial charge in [-0.3, -0.25) is 0 Å². The maximum Gasteiger partial charge on any atom is 0.435 e. The lowest BCUT2D eigenvalue weighted by Crippen LogP contribution is -2.07. The van der Waals surface area contributed by atoms with Gasteiger partial charge in [-0.2, -0.15) is 18.3 Å². The van der Waals surface area contributed by atoms with Crippen molar-refractivity contribution in [1.29, 1.82) is 0 Å². The van der Waals surface area contributed by atoms with Gasteiger partial charge in [-0.15, -0.1) is 12.4 Å². The van der Waals surface area contributed by atoms with Crippen LogP contribution in [0.15, 0.2) is 54.6 Å². The number of hydrogen-bond acceptors (Lipinski definition) is 2. The van der Waals surface area contributed by atoms with Gasteiger partial charge in [-0.05, 0) is 71.5 Å². The lowest BCUT2D eigenvalue weighted by molar-refractivity contribution is -0.141. The largest absolute Gasteiger partial charge is 0.435 e. The summed E-state index contributed by atoms with van der Waals surface area (Å²) in [5.74, 6) is 0. The van der Waals surface area contributed by atoms with Gasteiger partial charge < -0.3 is 5.73 Å². The van der Waals surface area contributed by atoms with Crippen LogP contribution in [0.2, 0.25) is 0 Å². The summed E-state index contributed by atoms with van der Waals surface area (Å²) in [4.78, 5) is 0. The molecule has 0 radical (unpaired) electrons. The van der Waals surface area contributed by atoms with Crippen molar-refractivity contribution in [3.8, 4) is 16.9 Å². The highest BCUT2D eigenvalue weighted by atomic mass is 127. The molecule has 1 aromatic heterocycles. The van der Waals surface area contributed by atoms with Gasteiger partial charge >= 0.3 is 6.18 Å². The van der Waals surface area contributed by atoms with Crippen molar-refractivity contribution in [3.05, 3.63) is 69.4 Å². The first-order valence-electron chi connectivity index (χ1n) is 7.61. The molecule has 0 aliphatic heterocycles. The molecule has 0 fully saturated rings. The molecule has 3 aromatic rings. The highest BCUT2D eigenvalue weighted by Gasteiger charge is 2.35. The van der Waals surface area contributed by atoms with Crippen LogP contribution in [0.3, 0.4) is 0 Å². The van der Waals surface area contributed by atoms with E-state index in [4.69, 9.17) is 5.73 Å². The van der Waals surface area contributed by atoms with Gasteiger partial charge in [0.1, 0.15) is 0 Å². The fourth-order valence-electron chi connectivity index (χ4n) is 2.51. The van der Waals surface area contributed by atoms with Gasteiger partial charge in [0, 0.05) is 9.13 Å². The molecule has 0 amide bonds. The minimum absolute atomic E-state index is 0. The second-order valence-corrected chi connectivity index (χ2v) is 6.78. The molecule has 0 aliphatic rings. The molecule has 0 atom stereocenters. The van der Waals surface area contributed by atoms with E-state index in [-0.39, 0.29) is 12.4 Å². The molecule has 3 rings (SSSR count). The molecule has 0 saturated heterocycles. The Bertz CT molecular complexity index is 859. The van der Waals surface area contributed by atoms with Crippen LogP contribution in [-0.2, 0) is 12.6 Å². The van der Waals surface area contributed by atoms with Crippen molar-refractivity contribution in [1.82, 2.24) is 9.78 Å². The van der Waals surface area contributed by atoms with E-state index in [0.717, 1.165) is 21.6 Å². The van der Waals surface area contributed by atoms with Crippen molar-refractivity contribution in [2.75, 3.05) is 6.54 Å². The Balaban J connectivity index is 0.00000243. The Morgan fingerprint density at radius 2 is 1.62 bits per heavy atom. The first-order chi connectivity index (χ1) is 11.9. The third-order valence-corrected chi connectivity index (χ3v) is 4.47. The lowest BCUT2D eigenvalue weighted by atomic mass is 10.1. The average molecular weight is 494 g/mol. The van der Waals surface area contributed by atoms with Crippen molar-refractivity contribution in [3.63, 3.8) is 0 Å². The summed E-state index contributed by atoms with van der Waals surface area (Å²) in [6, 6.07) is 15.6. The third kappa shape index (κ3) is 4.57. The van der Waals surface area contributed by atoms with Crippen LogP contribution in [0.4, 0.5) is 13.2 Å². The maximum absolute atomic E-state index is 13.2. The Hall–Kier alpha value is -1.58. The summed E-state index contributed by atoms with van der Waals surface area (Å²) in [5, 5.41) is 3.79. The van der Waals surface area contributed by atoms with E-state index in [1.807, 2.05) is 24.3 Å².